The van der Waals surface area contributed by atoms with Crippen LogP contribution in [0.25, 0.3) is 0 Å². The molecule has 1 aromatic heterocycles. The van der Waals surface area contributed by atoms with Gasteiger partial charge in [-0.05, 0) is 18.6 Å². The van der Waals surface area contributed by atoms with Gasteiger partial charge in [-0.3, -0.25) is 43.7 Å². The molecule has 2 aromatic carbocycles. The molecule has 0 atom stereocenters. The maximum atomic E-state index is 13.2. The van der Waals surface area contributed by atoms with Gasteiger partial charge in [0.05, 0.1) is 22.6 Å². The largest absolute Gasteiger partial charge is 0.383 e. The van der Waals surface area contributed by atoms with Crippen LogP contribution < -0.4 is 21.9 Å². The maximum Gasteiger partial charge on any atom is 0.330 e. The first-order valence-corrected chi connectivity index (χ1v) is 10.8. The quantitative estimate of drug-likeness (QED) is 0.275. The standard InChI is InChI=1S/C23H20N6O7/c1-2-26(18-19(24)27(23(34)25-20(18)31)11-13-6-4-3-5-7-13)17(30)12-28-21(32)15-9-8-14(29(35)36)10-16(15)22(28)33/h3-10H,2,11-12,24H2,1H3,(H,25,31,34). The highest BCUT2D eigenvalue weighted by atomic mass is 16.6. The van der Waals surface area contributed by atoms with E-state index in [0.29, 0.717) is 4.90 Å². The Morgan fingerprint density at radius 1 is 1.06 bits per heavy atom. The Kier molecular flexibility index (Phi) is 6.21. The minimum Gasteiger partial charge on any atom is -0.383 e. The first kappa shape index (κ1) is 24.1. The number of H-pyrrole nitrogens is 1. The summed E-state index contributed by atoms with van der Waals surface area (Å²) < 4.78 is 1.10. The smallest absolute Gasteiger partial charge is 0.330 e. The minimum absolute atomic E-state index is 0.0260. The van der Waals surface area contributed by atoms with Crippen molar-refractivity contribution in [2.24, 2.45) is 0 Å². The summed E-state index contributed by atoms with van der Waals surface area (Å²) in [4.78, 5) is 77.9. The number of carbonyl (C=O) groups is 3. The number of hydrogen-bond donors (Lipinski definition) is 2. The Hall–Kier alpha value is -5.07. The average molecular weight is 492 g/mol. The van der Waals surface area contributed by atoms with Crippen molar-refractivity contribution < 1.29 is 19.3 Å². The predicted molar refractivity (Wildman–Crippen MR) is 128 cm³/mol. The summed E-state index contributed by atoms with van der Waals surface area (Å²) in [6, 6.07) is 12.0. The molecule has 0 aliphatic carbocycles. The number of amides is 3. The molecule has 0 radical (unpaired) electrons. The van der Waals surface area contributed by atoms with Crippen LogP contribution in [0.2, 0.25) is 0 Å². The molecule has 3 amide bonds. The molecule has 1 aliphatic rings. The molecule has 0 saturated heterocycles. The number of hydrogen-bond acceptors (Lipinski definition) is 8. The third kappa shape index (κ3) is 4.13. The Morgan fingerprint density at radius 3 is 2.36 bits per heavy atom. The van der Waals surface area contributed by atoms with Crippen LogP contribution in [0.5, 0.6) is 0 Å². The van der Waals surface area contributed by atoms with Crippen LogP contribution in [0.15, 0.2) is 58.1 Å². The zero-order chi connectivity index (χ0) is 26.1. The first-order valence-electron chi connectivity index (χ1n) is 10.8. The summed E-state index contributed by atoms with van der Waals surface area (Å²) >= 11 is 0. The van der Waals surface area contributed by atoms with Gasteiger partial charge < -0.3 is 10.6 Å². The third-order valence-corrected chi connectivity index (χ3v) is 5.74. The van der Waals surface area contributed by atoms with Gasteiger partial charge >= 0.3 is 5.69 Å². The molecule has 0 saturated carbocycles. The van der Waals surface area contributed by atoms with Crippen LogP contribution in [-0.2, 0) is 11.3 Å². The molecule has 13 nitrogen and oxygen atoms in total. The number of nitrogens with zero attached hydrogens (tertiary/aromatic N) is 4. The second-order valence-electron chi connectivity index (χ2n) is 7.89. The van der Waals surface area contributed by atoms with Crippen molar-refractivity contribution >= 4 is 34.9 Å². The van der Waals surface area contributed by atoms with Gasteiger partial charge in [0.1, 0.15) is 12.4 Å². The highest BCUT2D eigenvalue weighted by Crippen LogP contribution is 2.27. The number of nitrogens with one attached hydrogen (secondary N) is 1. The zero-order valence-corrected chi connectivity index (χ0v) is 19.0. The van der Waals surface area contributed by atoms with E-state index in [1.54, 1.807) is 37.3 Å². The number of carbonyl (C=O) groups excluding carboxylic acids is 3. The number of non-ortho nitro benzene ring substituents is 1. The number of benzene rings is 2. The van der Waals surface area contributed by atoms with Crippen molar-refractivity contribution in [1.82, 2.24) is 14.5 Å². The number of likely N-dealkylation sites (N-methyl/N-ethyl adjacent to an activating group) is 1. The Balaban J connectivity index is 1.65. The molecule has 3 aromatic rings. The lowest BCUT2D eigenvalue weighted by molar-refractivity contribution is -0.384. The fourth-order valence-electron chi connectivity index (χ4n) is 3.98. The van der Waals surface area contributed by atoms with E-state index < -0.39 is 40.4 Å². The molecule has 184 valence electrons. The Labute approximate surface area is 202 Å². The van der Waals surface area contributed by atoms with Crippen LogP contribution in [0.4, 0.5) is 17.2 Å². The Bertz CT molecular complexity index is 1530. The van der Waals surface area contributed by atoms with Gasteiger partial charge in [0.15, 0.2) is 5.69 Å². The second kappa shape index (κ2) is 9.29. The Morgan fingerprint density at radius 2 is 1.72 bits per heavy atom. The number of nitrogens with two attached hydrogens (primary N) is 1. The molecular formula is C23H20N6O7. The number of aromatic amines is 1. The van der Waals surface area contributed by atoms with E-state index in [0.717, 1.165) is 33.2 Å². The normalized spacial score (nSPS) is 12.5. The van der Waals surface area contributed by atoms with Crippen molar-refractivity contribution in [3.63, 3.8) is 0 Å². The number of nitro groups is 1. The van der Waals surface area contributed by atoms with E-state index in [2.05, 4.69) is 4.98 Å². The van der Waals surface area contributed by atoms with Gasteiger partial charge in [-0.15, -0.1) is 0 Å². The van der Waals surface area contributed by atoms with E-state index >= 15 is 0 Å². The number of rotatable bonds is 7. The third-order valence-electron chi connectivity index (χ3n) is 5.74. The molecule has 13 heteroatoms. The van der Waals surface area contributed by atoms with Crippen LogP contribution >= 0.6 is 0 Å². The molecule has 1 aliphatic heterocycles. The van der Waals surface area contributed by atoms with Crippen molar-refractivity contribution in [2.75, 3.05) is 23.7 Å². The number of imide groups is 1. The van der Waals surface area contributed by atoms with E-state index in [-0.39, 0.29) is 41.4 Å². The van der Waals surface area contributed by atoms with Crippen LogP contribution in [0, 0.1) is 10.1 Å². The predicted octanol–water partition coefficient (Wildman–Crippen LogP) is 0.724. The molecule has 0 fully saturated rings. The minimum atomic E-state index is -0.907. The second-order valence-corrected chi connectivity index (χ2v) is 7.89. The summed E-state index contributed by atoms with van der Waals surface area (Å²) in [5, 5.41) is 11.0. The number of nitrogen functional groups attached to an aromatic ring is 1. The summed E-state index contributed by atoms with van der Waals surface area (Å²) in [6.07, 6.45) is 0. The molecular weight excluding hydrogens is 472 g/mol. The number of anilines is 2. The lowest BCUT2D eigenvalue weighted by atomic mass is 10.1. The summed E-state index contributed by atoms with van der Waals surface area (Å²) in [5.41, 5.74) is 4.26. The van der Waals surface area contributed by atoms with Gasteiger partial charge in [0.2, 0.25) is 5.91 Å². The van der Waals surface area contributed by atoms with Crippen molar-refractivity contribution in [1.29, 1.82) is 0 Å². The van der Waals surface area contributed by atoms with Gasteiger partial charge in [0, 0.05) is 18.7 Å². The van der Waals surface area contributed by atoms with Crippen LogP contribution in [0.1, 0.15) is 33.2 Å². The van der Waals surface area contributed by atoms with Crippen LogP contribution in [0.3, 0.4) is 0 Å². The molecule has 36 heavy (non-hydrogen) atoms. The number of nitro benzene ring substituents is 1. The monoisotopic (exact) mass is 492 g/mol. The average Bonchev–Trinajstić information content (AvgIpc) is 3.09. The molecule has 0 bridgehead atoms. The lowest BCUT2D eigenvalue weighted by Crippen LogP contribution is -2.46. The van der Waals surface area contributed by atoms with E-state index in [1.807, 2.05) is 0 Å². The fourth-order valence-corrected chi connectivity index (χ4v) is 3.98. The maximum absolute atomic E-state index is 13.2. The molecule has 0 unspecified atom stereocenters. The number of aromatic nitrogens is 2. The SMILES string of the molecule is CCN(C(=O)CN1C(=O)c2ccc([N+](=O)[O-])cc2C1=O)c1c(N)n(Cc2ccccc2)c(=O)[nH]c1=O. The van der Waals surface area contributed by atoms with E-state index in [9.17, 15) is 34.1 Å². The fraction of sp³-hybridized carbons (Fsp3) is 0.174. The summed E-state index contributed by atoms with van der Waals surface area (Å²) in [5.74, 6) is -2.76. The van der Waals surface area contributed by atoms with Crippen LogP contribution in [-0.4, -0.2) is 50.2 Å². The van der Waals surface area contributed by atoms with Gasteiger partial charge in [0.25, 0.3) is 23.1 Å². The van der Waals surface area contributed by atoms with Gasteiger partial charge in [-0.2, -0.15) is 0 Å². The van der Waals surface area contributed by atoms with Crippen molar-refractivity contribution in [3.8, 4) is 0 Å². The van der Waals surface area contributed by atoms with Gasteiger partial charge in [-0.25, -0.2) is 4.79 Å². The lowest BCUT2D eigenvalue weighted by Gasteiger charge is -2.25. The first-order chi connectivity index (χ1) is 17.1. The molecule has 3 N–H and O–H groups in total. The van der Waals surface area contributed by atoms with Crippen molar-refractivity contribution in [2.45, 2.75) is 13.5 Å². The van der Waals surface area contributed by atoms with Gasteiger partial charge in [-0.1, -0.05) is 30.3 Å². The molecule has 2 heterocycles. The molecule has 0 spiro atoms. The topological polar surface area (TPSA) is 182 Å². The van der Waals surface area contributed by atoms with E-state index in [4.69, 9.17) is 5.73 Å². The highest BCUT2D eigenvalue weighted by molar-refractivity contribution is 6.23. The molecule has 4 rings (SSSR count). The number of fused-ring (bicyclic) bond motifs is 1. The highest BCUT2D eigenvalue weighted by Gasteiger charge is 2.39. The summed E-state index contributed by atoms with van der Waals surface area (Å²) in [7, 11) is 0. The van der Waals surface area contributed by atoms with Crippen molar-refractivity contribution in [3.05, 3.63) is 96.2 Å². The summed E-state index contributed by atoms with van der Waals surface area (Å²) in [6.45, 7) is 0.766. The zero-order valence-electron chi connectivity index (χ0n) is 19.0. The van der Waals surface area contributed by atoms with E-state index in [1.165, 1.54) is 0 Å².